The van der Waals surface area contributed by atoms with E-state index >= 15 is 0 Å². The molecule has 0 amide bonds. The number of fused-ring (bicyclic) bond motifs is 1. The van der Waals surface area contributed by atoms with Gasteiger partial charge in [0, 0.05) is 23.5 Å². The van der Waals surface area contributed by atoms with Gasteiger partial charge in [-0.25, -0.2) is 0 Å². The molecule has 0 atom stereocenters. The Morgan fingerprint density at radius 1 is 1.38 bits per heavy atom. The molecule has 1 aromatic carbocycles. The molecule has 0 bridgehead atoms. The average molecular weight is 285 g/mol. The zero-order valence-electron chi connectivity index (χ0n) is 11.6. The normalized spacial score (nSPS) is 11.1. The number of aromatic nitrogens is 3. The Hall–Kier alpha value is -2.63. The number of aliphatic carboxylic acids is 1. The molecule has 0 fully saturated rings. The van der Waals surface area contributed by atoms with Gasteiger partial charge in [-0.05, 0) is 25.0 Å². The highest BCUT2D eigenvalue weighted by Crippen LogP contribution is 2.23. The molecular weight excluding hydrogens is 270 g/mol. The lowest BCUT2D eigenvalue weighted by atomic mass is 10.1. The molecule has 3 rings (SSSR count). The minimum Gasteiger partial charge on any atom is -0.481 e. The fraction of sp³-hybridized carbons (Fsp3) is 0.267. The van der Waals surface area contributed by atoms with Crippen LogP contribution in [0.1, 0.15) is 23.7 Å². The van der Waals surface area contributed by atoms with Crippen molar-refractivity contribution in [2.75, 3.05) is 0 Å². The number of para-hydroxylation sites is 1. The van der Waals surface area contributed by atoms with Gasteiger partial charge in [0.1, 0.15) is 6.54 Å². The van der Waals surface area contributed by atoms with Crippen LogP contribution in [0.2, 0.25) is 0 Å². The van der Waals surface area contributed by atoms with Gasteiger partial charge in [0.05, 0.1) is 0 Å². The van der Waals surface area contributed by atoms with Crippen molar-refractivity contribution in [3.63, 3.8) is 0 Å². The van der Waals surface area contributed by atoms with Crippen LogP contribution in [0.15, 0.2) is 35.0 Å². The van der Waals surface area contributed by atoms with E-state index < -0.39 is 5.97 Å². The van der Waals surface area contributed by atoms with E-state index in [1.165, 1.54) is 0 Å². The van der Waals surface area contributed by atoms with Crippen molar-refractivity contribution < 1.29 is 14.4 Å². The molecule has 21 heavy (non-hydrogen) atoms. The van der Waals surface area contributed by atoms with E-state index in [9.17, 15) is 4.79 Å². The van der Waals surface area contributed by atoms with E-state index in [0.717, 1.165) is 16.5 Å². The van der Waals surface area contributed by atoms with Crippen LogP contribution in [0.4, 0.5) is 0 Å². The number of aryl methyl sites for hydroxylation is 2. The average Bonchev–Trinajstić information content (AvgIpc) is 3.02. The molecule has 6 nitrogen and oxygen atoms in total. The van der Waals surface area contributed by atoms with Crippen molar-refractivity contribution >= 4 is 16.9 Å². The first-order valence-corrected chi connectivity index (χ1v) is 6.71. The monoisotopic (exact) mass is 285 g/mol. The number of carboxylic acids is 1. The van der Waals surface area contributed by atoms with Crippen LogP contribution in [0.25, 0.3) is 10.9 Å². The van der Waals surface area contributed by atoms with Crippen LogP contribution in [0.5, 0.6) is 0 Å². The van der Waals surface area contributed by atoms with Crippen molar-refractivity contribution in [1.29, 1.82) is 0 Å². The van der Waals surface area contributed by atoms with E-state index in [0.29, 0.717) is 24.7 Å². The molecule has 0 aliphatic rings. The minimum atomic E-state index is -0.792. The molecule has 0 unspecified atom stereocenters. The second kappa shape index (κ2) is 5.40. The molecule has 0 saturated carbocycles. The van der Waals surface area contributed by atoms with E-state index in [4.69, 9.17) is 9.63 Å². The Kier molecular flexibility index (Phi) is 3.43. The van der Waals surface area contributed by atoms with Crippen LogP contribution in [-0.2, 0) is 17.8 Å². The Morgan fingerprint density at radius 3 is 2.90 bits per heavy atom. The molecular formula is C15H15N3O3. The van der Waals surface area contributed by atoms with E-state index in [2.05, 4.69) is 10.1 Å². The van der Waals surface area contributed by atoms with Gasteiger partial charge in [0.15, 0.2) is 5.82 Å². The summed E-state index contributed by atoms with van der Waals surface area (Å²) in [6.45, 7) is 2.26. The molecule has 0 aliphatic heterocycles. The SMILES string of the molecule is Cc1noc(Cn2cc(CCC(=O)O)c3ccccc32)n1. The summed E-state index contributed by atoms with van der Waals surface area (Å²) in [5.41, 5.74) is 2.05. The number of nitrogens with zero attached hydrogens (tertiary/aromatic N) is 3. The maximum absolute atomic E-state index is 10.8. The van der Waals surface area contributed by atoms with Crippen LogP contribution < -0.4 is 0 Å². The highest BCUT2D eigenvalue weighted by Gasteiger charge is 2.12. The summed E-state index contributed by atoms with van der Waals surface area (Å²) in [5.74, 6) is 0.352. The fourth-order valence-electron chi connectivity index (χ4n) is 2.44. The Balaban J connectivity index is 1.96. The first kappa shape index (κ1) is 13.4. The topological polar surface area (TPSA) is 81.2 Å². The number of carbonyl (C=O) groups is 1. The predicted octanol–water partition coefficient (Wildman–Crippen LogP) is 2.40. The third kappa shape index (κ3) is 2.79. The number of benzene rings is 1. The van der Waals surface area contributed by atoms with E-state index in [-0.39, 0.29) is 6.42 Å². The fourth-order valence-corrected chi connectivity index (χ4v) is 2.44. The van der Waals surface area contributed by atoms with Crippen LogP contribution in [0.3, 0.4) is 0 Å². The van der Waals surface area contributed by atoms with Crippen LogP contribution in [0, 0.1) is 6.92 Å². The Morgan fingerprint density at radius 2 is 2.19 bits per heavy atom. The standard InChI is InChI=1S/C15H15N3O3/c1-10-16-14(21-17-10)9-18-8-11(6-7-15(19)20)12-4-2-3-5-13(12)18/h2-5,8H,6-7,9H2,1H3,(H,19,20). The zero-order chi connectivity index (χ0) is 14.8. The molecule has 0 saturated heterocycles. The largest absolute Gasteiger partial charge is 0.481 e. The summed E-state index contributed by atoms with van der Waals surface area (Å²) >= 11 is 0. The second-order valence-electron chi connectivity index (χ2n) is 4.93. The molecule has 2 aromatic heterocycles. The molecule has 2 heterocycles. The lowest BCUT2D eigenvalue weighted by Crippen LogP contribution is -1.99. The summed E-state index contributed by atoms with van der Waals surface area (Å²) < 4.78 is 7.16. The molecule has 6 heteroatoms. The van der Waals surface area contributed by atoms with Crippen molar-refractivity contribution in [2.45, 2.75) is 26.3 Å². The van der Waals surface area contributed by atoms with Gasteiger partial charge in [0.25, 0.3) is 0 Å². The van der Waals surface area contributed by atoms with Gasteiger partial charge >= 0.3 is 5.97 Å². The molecule has 3 aromatic rings. The van der Waals surface area contributed by atoms with Gasteiger partial charge in [-0.3, -0.25) is 4.79 Å². The summed E-state index contributed by atoms with van der Waals surface area (Å²) in [5, 5.41) is 13.7. The number of hydrogen-bond acceptors (Lipinski definition) is 4. The lowest BCUT2D eigenvalue weighted by Gasteiger charge is -2.00. The number of hydrogen-bond donors (Lipinski definition) is 1. The smallest absolute Gasteiger partial charge is 0.303 e. The van der Waals surface area contributed by atoms with Crippen molar-refractivity contribution in [3.05, 3.63) is 47.7 Å². The second-order valence-corrected chi connectivity index (χ2v) is 4.93. The number of rotatable bonds is 5. The van der Waals surface area contributed by atoms with Crippen molar-refractivity contribution in [1.82, 2.24) is 14.7 Å². The summed E-state index contributed by atoms with van der Waals surface area (Å²) in [4.78, 5) is 15.0. The maximum Gasteiger partial charge on any atom is 0.303 e. The quantitative estimate of drug-likeness (QED) is 0.778. The molecule has 0 spiro atoms. The Labute approximate surface area is 121 Å². The molecule has 1 N–H and O–H groups in total. The van der Waals surface area contributed by atoms with Crippen molar-refractivity contribution in [2.24, 2.45) is 0 Å². The predicted molar refractivity (Wildman–Crippen MR) is 76.0 cm³/mol. The van der Waals surface area contributed by atoms with E-state index in [1.54, 1.807) is 6.92 Å². The molecule has 0 aliphatic carbocycles. The van der Waals surface area contributed by atoms with Gasteiger partial charge in [-0.2, -0.15) is 4.98 Å². The summed E-state index contributed by atoms with van der Waals surface area (Å²) in [6, 6.07) is 7.91. The van der Waals surface area contributed by atoms with Crippen molar-refractivity contribution in [3.8, 4) is 0 Å². The first-order chi connectivity index (χ1) is 10.1. The minimum absolute atomic E-state index is 0.119. The summed E-state index contributed by atoms with van der Waals surface area (Å²) in [6.07, 6.45) is 2.59. The number of carboxylic acid groups (broad SMARTS) is 1. The van der Waals surface area contributed by atoms with Gasteiger partial charge in [-0.1, -0.05) is 23.4 Å². The lowest BCUT2D eigenvalue weighted by molar-refractivity contribution is -0.136. The third-order valence-electron chi connectivity index (χ3n) is 3.35. The summed E-state index contributed by atoms with van der Waals surface area (Å²) in [7, 11) is 0. The third-order valence-corrected chi connectivity index (χ3v) is 3.35. The highest BCUT2D eigenvalue weighted by molar-refractivity contribution is 5.84. The zero-order valence-corrected chi connectivity index (χ0v) is 11.6. The molecule has 108 valence electrons. The first-order valence-electron chi connectivity index (χ1n) is 6.71. The van der Waals surface area contributed by atoms with Crippen LogP contribution in [-0.4, -0.2) is 25.8 Å². The highest BCUT2D eigenvalue weighted by atomic mass is 16.5. The Bertz CT molecular complexity index is 788. The molecule has 0 radical (unpaired) electrons. The van der Waals surface area contributed by atoms with Crippen LogP contribution >= 0.6 is 0 Å². The van der Waals surface area contributed by atoms with E-state index in [1.807, 2.05) is 35.0 Å². The maximum atomic E-state index is 10.8. The van der Waals surface area contributed by atoms with Gasteiger partial charge in [0.2, 0.25) is 5.89 Å². The van der Waals surface area contributed by atoms with Gasteiger partial charge in [-0.15, -0.1) is 0 Å². The van der Waals surface area contributed by atoms with Gasteiger partial charge < -0.3 is 14.2 Å².